The summed E-state index contributed by atoms with van der Waals surface area (Å²) in [5.41, 5.74) is 4.25. The summed E-state index contributed by atoms with van der Waals surface area (Å²) in [4.78, 5) is 14.1. The molecule has 0 aliphatic heterocycles. The Hall–Kier alpha value is -1.61. The van der Waals surface area contributed by atoms with E-state index in [4.69, 9.17) is 0 Å². The smallest absolute Gasteiger partial charge is 0.251 e. The summed E-state index contributed by atoms with van der Waals surface area (Å²) in [5, 5.41) is 2.93. The highest BCUT2D eigenvalue weighted by molar-refractivity contribution is 5.95. The number of nitrogens with zero attached hydrogens (tertiary/aromatic N) is 1. The molecule has 0 spiro atoms. The monoisotopic (exact) mass is 260 g/mol. The Bertz CT molecular complexity index is 476. The van der Waals surface area contributed by atoms with Gasteiger partial charge in [0.2, 0.25) is 0 Å². The van der Waals surface area contributed by atoms with Crippen molar-refractivity contribution in [1.29, 1.82) is 0 Å². The minimum absolute atomic E-state index is 0.00740. The van der Waals surface area contributed by atoms with Crippen LogP contribution in [-0.2, 0) is 0 Å². The summed E-state index contributed by atoms with van der Waals surface area (Å²) < 4.78 is 0. The van der Waals surface area contributed by atoms with E-state index in [1.54, 1.807) is 0 Å². The number of rotatable bonds is 5. The SMILES string of the molecule is C/C=C(\C)c1cc(C(=O)NCCN(C)C)ccc1C. The number of carbonyl (C=O) groups is 1. The van der Waals surface area contributed by atoms with Gasteiger partial charge in [-0.05, 0) is 63.7 Å². The Morgan fingerprint density at radius 3 is 2.63 bits per heavy atom. The fourth-order valence-corrected chi connectivity index (χ4v) is 1.84. The molecule has 1 aromatic rings. The zero-order valence-electron chi connectivity index (χ0n) is 12.6. The van der Waals surface area contributed by atoms with Gasteiger partial charge in [-0.15, -0.1) is 0 Å². The maximum absolute atomic E-state index is 12.1. The van der Waals surface area contributed by atoms with Crippen LogP contribution in [0.3, 0.4) is 0 Å². The van der Waals surface area contributed by atoms with Gasteiger partial charge in [0, 0.05) is 18.7 Å². The normalized spacial score (nSPS) is 11.8. The molecule has 1 rings (SSSR count). The van der Waals surface area contributed by atoms with E-state index in [2.05, 4.69) is 25.2 Å². The third kappa shape index (κ3) is 4.52. The molecule has 3 heteroatoms. The first-order chi connectivity index (χ1) is 8.95. The molecule has 0 saturated heterocycles. The third-order valence-corrected chi connectivity index (χ3v) is 3.20. The molecule has 0 atom stereocenters. The lowest BCUT2D eigenvalue weighted by atomic mass is 9.98. The van der Waals surface area contributed by atoms with Crippen LogP contribution in [0.4, 0.5) is 0 Å². The number of aryl methyl sites for hydroxylation is 1. The second kappa shape index (κ2) is 7.10. The van der Waals surface area contributed by atoms with Crippen LogP contribution in [0.15, 0.2) is 24.3 Å². The summed E-state index contributed by atoms with van der Waals surface area (Å²) in [7, 11) is 3.98. The van der Waals surface area contributed by atoms with Crippen LogP contribution in [0.2, 0.25) is 0 Å². The van der Waals surface area contributed by atoms with Crippen molar-refractivity contribution < 1.29 is 4.79 Å². The van der Waals surface area contributed by atoms with Crippen molar-refractivity contribution in [2.24, 2.45) is 0 Å². The molecule has 1 aromatic carbocycles. The molecule has 104 valence electrons. The first kappa shape index (κ1) is 15.4. The number of likely N-dealkylation sites (N-methyl/N-ethyl adjacent to an activating group) is 1. The number of benzene rings is 1. The van der Waals surface area contributed by atoms with Gasteiger partial charge in [0.05, 0.1) is 0 Å². The van der Waals surface area contributed by atoms with Crippen molar-refractivity contribution >= 4 is 11.5 Å². The van der Waals surface area contributed by atoms with Crippen LogP contribution in [0.1, 0.15) is 35.3 Å². The lowest BCUT2D eigenvalue weighted by Crippen LogP contribution is -2.31. The molecule has 0 radical (unpaired) electrons. The van der Waals surface area contributed by atoms with Crippen LogP contribution in [0, 0.1) is 6.92 Å². The molecule has 0 fully saturated rings. The second-order valence-corrected chi connectivity index (χ2v) is 5.06. The van der Waals surface area contributed by atoms with E-state index < -0.39 is 0 Å². The second-order valence-electron chi connectivity index (χ2n) is 5.06. The summed E-state index contributed by atoms with van der Waals surface area (Å²) in [5.74, 6) is -0.00740. The van der Waals surface area contributed by atoms with Crippen molar-refractivity contribution in [3.05, 3.63) is 41.0 Å². The average molecular weight is 260 g/mol. The standard InChI is InChI=1S/C16H24N2O/c1-6-12(2)15-11-14(8-7-13(15)3)16(19)17-9-10-18(4)5/h6-8,11H,9-10H2,1-5H3,(H,17,19)/b12-6+. The van der Waals surface area contributed by atoms with Crippen molar-refractivity contribution in [3.63, 3.8) is 0 Å². The molecule has 0 saturated carbocycles. The molecule has 0 aliphatic rings. The maximum atomic E-state index is 12.1. The Kier molecular flexibility index (Phi) is 5.77. The maximum Gasteiger partial charge on any atom is 0.251 e. The highest BCUT2D eigenvalue weighted by atomic mass is 16.1. The number of amides is 1. The average Bonchev–Trinajstić information content (AvgIpc) is 2.37. The molecule has 3 nitrogen and oxygen atoms in total. The molecule has 1 N–H and O–H groups in total. The predicted molar refractivity (Wildman–Crippen MR) is 81.4 cm³/mol. The van der Waals surface area contributed by atoms with Gasteiger partial charge in [0.1, 0.15) is 0 Å². The van der Waals surface area contributed by atoms with Crippen LogP contribution < -0.4 is 5.32 Å². The highest BCUT2D eigenvalue weighted by Gasteiger charge is 2.08. The topological polar surface area (TPSA) is 32.3 Å². The van der Waals surface area contributed by atoms with Gasteiger partial charge in [-0.1, -0.05) is 12.1 Å². The summed E-state index contributed by atoms with van der Waals surface area (Å²) in [6.45, 7) is 7.65. The molecule has 19 heavy (non-hydrogen) atoms. The van der Waals surface area contributed by atoms with E-state index in [0.717, 1.165) is 17.7 Å². The molecule has 0 heterocycles. The first-order valence-electron chi connectivity index (χ1n) is 6.62. The first-order valence-corrected chi connectivity index (χ1v) is 6.62. The van der Waals surface area contributed by atoms with Gasteiger partial charge in [-0.2, -0.15) is 0 Å². The minimum Gasteiger partial charge on any atom is -0.351 e. The quantitative estimate of drug-likeness (QED) is 0.883. The Morgan fingerprint density at radius 1 is 1.37 bits per heavy atom. The summed E-state index contributed by atoms with van der Waals surface area (Å²) >= 11 is 0. The summed E-state index contributed by atoms with van der Waals surface area (Å²) in [6.07, 6.45) is 2.07. The molecular weight excluding hydrogens is 236 g/mol. The van der Waals surface area contributed by atoms with Crippen LogP contribution >= 0.6 is 0 Å². The zero-order valence-corrected chi connectivity index (χ0v) is 12.6. The van der Waals surface area contributed by atoms with Crippen LogP contribution in [0.5, 0.6) is 0 Å². The van der Waals surface area contributed by atoms with Crippen molar-refractivity contribution in [1.82, 2.24) is 10.2 Å². The molecule has 1 amide bonds. The number of nitrogens with one attached hydrogen (secondary N) is 1. The number of allylic oxidation sites excluding steroid dienone is 2. The van der Waals surface area contributed by atoms with Gasteiger partial charge in [-0.25, -0.2) is 0 Å². The predicted octanol–water partition coefficient (Wildman–Crippen LogP) is 2.71. The fraction of sp³-hybridized carbons (Fsp3) is 0.438. The number of hydrogen-bond acceptors (Lipinski definition) is 2. The van der Waals surface area contributed by atoms with Gasteiger partial charge >= 0.3 is 0 Å². The Balaban J connectivity index is 2.81. The zero-order chi connectivity index (χ0) is 14.4. The molecular formula is C16H24N2O. The Morgan fingerprint density at radius 2 is 2.05 bits per heavy atom. The molecule has 0 bridgehead atoms. The lowest BCUT2D eigenvalue weighted by molar-refractivity contribution is 0.0951. The molecule has 0 aromatic heterocycles. The van der Waals surface area contributed by atoms with Gasteiger partial charge in [0.15, 0.2) is 0 Å². The van der Waals surface area contributed by atoms with E-state index in [-0.39, 0.29) is 5.91 Å². The van der Waals surface area contributed by atoms with Crippen molar-refractivity contribution in [2.75, 3.05) is 27.2 Å². The van der Waals surface area contributed by atoms with E-state index in [9.17, 15) is 4.79 Å². The fourth-order valence-electron chi connectivity index (χ4n) is 1.84. The molecule has 0 unspecified atom stereocenters. The number of hydrogen-bond donors (Lipinski definition) is 1. The van der Waals surface area contributed by atoms with Gasteiger partial charge < -0.3 is 10.2 Å². The van der Waals surface area contributed by atoms with Crippen molar-refractivity contribution in [3.8, 4) is 0 Å². The number of carbonyl (C=O) groups excluding carboxylic acids is 1. The van der Waals surface area contributed by atoms with E-state index in [1.165, 1.54) is 11.1 Å². The largest absolute Gasteiger partial charge is 0.351 e. The third-order valence-electron chi connectivity index (χ3n) is 3.20. The van der Waals surface area contributed by atoms with Crippen LogP contribution in [-0.4, -0.2) is 38.0 Å². The van der Waals surface area contributed by atoms with E-state index >= 15 is 0 Å². The minimum atomic E-state index is -0.00740. The lowest BCUT2D eigenvalue weighted by Gasteiger charge is -2.12. The Labute approximate surface area is 116 Å². The van der Waals surface area contributed by atoms with Gasteiger partial charge in [0.25, 0.3) is 5.91 Å². The van der Waals surface area contributed by atoms with E-state index in [1.807, 2.05) is 44.1 Å². The molecule has 0 aliphatic carbocycles. The highest BCUT2D eigenvalue weighted by Crippen LogP contribution is 2.19. The van der Waals surface area contributed by atoms with Crippen LogP contribution in [0.25, 0.3) is 5.57 Å². The van der Waals surface area contributed by atoms with E-state index in [0.29, 0.717) is 6.54 Å². The van der Waals surface area contributed by atoms with Crippen molar-refractivity contribution in [2.45, 2.75) is 20.8 Å². The van der Waals surface area contributed by atoms with Gasteiger partial charge in [-0.3, -0.25) is 4.79 Å². The summed E-state index contributed by atoms with van der Waals surface area (Å²) in [6, 6.07) is 5.85.